The first-order chi connectivity index (χ1) is 6.49. The molecule has 0 aliphatic carbocycles. The molecule has 0 fully saturated rings. The Morgan fingerprint density at radius 2 is 1.71 bits per heavy atom. The van der Waals surface area contributed by atoms with Crippen LogP contribution in [0.5, 0.6) is 0 Å². The van der Waals surface area contributed by atoms with Gasteiger partial charge in [0.1, 0.15) is 0 Å². The van der Waals surface area contributed by atoms with Crippen LogP contribution in [-0.4, -0.2) is 5.11 Å². The molecule has 1 rings (SSSR count). The van der Waals surface area contributed by atoms with E-state index in [1.54, 1.807) is 24.3 Å². The van der Waals surface area contributed by atoms with Gasteiger partial charge < -0.3 is 5.11 Å². The average Bonchev–Trinajstić information content (AvgIpc) is 2.00. The molecular formula is C11H12Cl2O. The zero-order chi connectivity index (χ0) is 10.7. The summed E-state index contributed by atoms with van der Waals surface area (Å²) >= 11 is 11.6. The van der Waals surface area contributed by atoms with Crippen LogP contribution >= 0.6 is 23.2 Å². The van der Waals surface area contributed by atoms with E-state index in [-0.39, 0.29) is 0 Å². The van der Waals surface area contributed by atoms with Crippen molar-refractivity contribution >= 4 is 23.2 Å². The summed E-state index contributed by atoms with van der Waals surface area (Å²) in [6, 6.07) is 5.05. The van der Waals surface area contributed by atoms with Gasteiger partial charge in [0.15, 0.2) is 0 Å². The summed E-state index contributed by atoms with van der Waals surface area (Å²) in [5.74, 6) is 0. The van der Waals surface area contributed by atoms with E-state index >= 15 is 0 Å². The van der Waals surface area contributed by atoms with E-state index in [9.17, 15) is 5.11 Å². The number of allylic oxidation sites excluding steroid dienone is 1. The molecule has 1 unspecified atom stereocenters. The number of aliphatic hydroxyl groups excluding tert-OH is 1. The van der Waals surface area contributed by atoms with E-state index in [1.807, 2.05) is 13.8 Å². The van der Waals surface area contributed by atoms with Gasteiger partial charge in [0.25, 0.3) is 0 Å². The molecule has 3 heteroatoms. The molecule has 1 aromatic rings. The number of hydrogen-bond acceptors (Lipinski definition) is 1. The zero-order valence-electron chi connectivity index (χ0n) is 8.09. The SMILES string of the molecule is CC(C)=CC(O)c1cc(Cl)cc(Cl)c1. The lowest BCUT2D eigenvalue weighted by molar-refractivity contribution is 0.228. The molecule has 1 atom stereocenters. The Labute approximate surface area is 94.0 Å². The van der Waals surface area contributed by atoms with Gasteiger partial charge >= 0.3 is 0 Å². The van der Waals surface area contributed by atoms with Crippen LogP contribution < -0.4 is 0 Å². The fourth-order valence-corrected chi connectivity index (χ4v) is 1.70. The van der Waals surface area contributed by atoms with Gasteiger partial charge in [-0.3, -0.25) is 0 Å². The number of aliphatic hydroxyl groups is 1. The van der Waals surface area contributed by atoms with Crippen LogP contribution in [0.2, 0.25) is 10.0 Å². The summed E-state index contributed by atoms with van der Waals surface area (Å²) in [6.07, 6.45) is 1.11. The van der Waals surface area contributed by atoms with Gasteiger partial charge in [-0.05, 0) is 37.6 Å². The molecule has 0 radical (unpaired) electrons. The summed E-state index contributed by atoms with van der Waals surface area (Å²) in [5, 5.41) is 10.8. The number of hydrogen-bond donors (Lipinski definition) is 1. The predicted octanol–water partition coefficient (Wildman–Crippen LogP) is 3.99. The zero-order valence-corrected chi connectivity index (χ0v) is 9.60. The monoisotopic (exact) mass is 230 g/mol. The Bertz CT molecular complexity index is 334. The molecule has 0 saturated carbocycles. The molecule has 0 amide bonds. The molecule has 1 aromatic carbocycles. The fraction of sp³-hybridized carbons (Fsp3) is 0.273. The van der Waals surface area contributed by atoms with Crippen molar-refractivity contribution in [1.82, 2.24) is 0 Å². The Balaban J connectivity index is 3.01. The maximum Gasteiger partial charge on any atom is 0.0975 e. The van der Waals surface area contributed by atoms with Crippen molar-refractivity contribution in [3.05, 3.63) is 45.5 Å². The molecule has 0 aliphatic rings. The molecule has 0 spiro atoms. The number of rotatable bonds is 2. The Kier molecular flexibility index (Phi) is 3.99. The molecule has 76 valence electrons. The van der Waals surface area contributed by atoms with Gasteiger partial charge in [-0.15, -0.1) is 0 Å². The van der Waals surface area contributed by atoms with Gasteiger partial charge in [0.05, 0.1) is 6.10 Å². The third-order valence-corrected chi connectivity index (χ3v) is 2.15. The summed E-state index contributed by atoms with van der Waals surface area (Å²) in [4.78, 5) is 0. The van der Waals surface area contributed by atoms with E-state index in [1.165, 1.54) is 0 Å². The van der Waals surface area contributed by atoms with Crippen LogP contribution in [-0.2, 0) is 0 Å². The quantitative estimate of drug-likeness (QED) is 0.763. The summed E-state index contributed by atoms with van der Waals surface area (Å²) in [6.45, 7) is 3.85. The van der Waals surface area contributed by atoms with Crippen molar-refractivity contribution < 1.29 is 5.11 Å². The summed E-state index contributed by atoms with van der Waals surface area (Å²) < 4.78 is 0. The van der Waals surface area contributed by atoms with Crippen LogP contribution in [0.3, 0.4) is 0 Å². The van der Waals surface area contributed by atoms with Gasteiger partial charge in [0, 0.05) is 10.0 Å². The van der Waals surface area contributed by atoms with E-state index < -0.39 is 6.10 Å². The highest BCUT2D eigenvalue weighted by Gasteiger charge is 2.06. The van der Waals surface area contributed by atoms with Crippen LogP contribution in [0.1, 0.15) is 25.5 Å². The summed E-state index contributed by atoms with van der Waals surface area (Å²) in [7, 11) is 0. The molecule has 0 saturated heterocycles. The van der Waals surface area contributed by atoms with E-state index in [0.29, 0.717) is 15.6 Å². The predicted molar refractivity (Wildman–Crippen MR) is 60.9 cm³/mol. The molecule has 0 bridgehead atoms. The Hall–Kier alpha value is -0.500. The van der Waals surface area contributed by atoms with Crippen molar-refractivity contribution in [3.63, 3.8) is 0 Å². The highest BCUT2D eigenvalue weighted by Crippen LogP contribution is 2.24. The fourth-order valence-electron chi connectivity index (χ4n) is 1.16. The molecule has 1 nitrogen and oxygen atoms in total. The van der Waals surface area contributed by atoms with Crippen molar-refractivity contribution in [2.24, 2.45) is 0 Å². The lowest BCUT2D eigenvalue weighted by atomic mass is 10.1. The largest absolute Gasteiger partial charge is 0.384 e. The van der Waals surface area contributed by atoms with Crippen LogP contribution in [0, 0.1) is 0 Å². The van der Waals surface area contributed by atoms with Gasteiger partial charge in [-0.1, -0.05) is 34.9 Å². The van der Waals surface area contributed by atoms with Crippen molar-refractivity contribution in [1.29, 1.82) is 0 Å². The lowest BCUT2D eigenvalue weighted by Gasteiger charge is -2.08. The van der Waals surface area contributed by atoms with Crippen molar-refractivity contribution in [3.8, 4) is 0 Å². The molecule has 0 heterocycles. The van der Waals surface area contributed by atoms with E-state index in [2.05, 4.69) is 0 Å². The minimum absolute atomic E-state index is 0.536. The maximum atomic E-state index is 9.75. The molecule has 14 heavy (non-hydrogen) atoms. The van der Waals surface area contributed by atoms with Gasteiger partial charge in [0.2, 0.25) is 0 Å². The van der Waals surface area contributed by atoms with E-state index in [0.717, 1.165) is 5.57 Å². The lowest BCUT2D eigenvalue weighted by Crippen LogP contribution is -1.93. The highest BCUT2D eigenvalue weighted by atomic mass is 35.5. The third-order valence-electron chi connectivity index (χ3n) is 1.72. The number of benzene rings is 1. The van der Waals surface area contributed by atoms with Crippen LogP contribution in [0.4, 0.5) is 0 Å². The molecule has 0 aromatic heterocycles. The van der Waals surface area contributed by atoms with Gasteiger partial charge in [-0.25, -0.2) is 0 Å². The first kappa shape index (κ1) is 11.6. The Morgan fingerprint density at radius 3 is 2.14 bits per heavy atom. The van der Waals surface area contributed by atoms with Crippen LogP contribution in [0.25, 0.3) is 0 Å². The second-order valence-corrected chi connectivity index (χ2v) is 4.26. The van der Waals surface area contributed by atoms with Crippen molar-refractivity contribution in [2.45, 2.75) is 20.0 Å². The van der Waals surface area contributed by atoms with Gasteiger partial charge in [-0.2, -0.15) is 0 Å². The number of halogens is 2. The first-order valence-electron chi connectivity index (χ1n) is 4.28. The van der Waals surface area contributed by atoms with E-state index in [4.69, 9.17) is 23.2 Å². The normalized spacial score (nSPS) is 12.4. The standard InChI is InChI=1S/C11H12Cl2O/c1-7(2)3-11(14)8-4-9(12)6-10(13)5-8/h3-6,11,14H,1-2H3. The maximum absolute atomic E-state index is 9.75. The second kappa shape index (κ2) is 4.83. The molecular weight excluding hydrogens is 219 g/mol. The van der Waals surface area contributed by atoms with Crippen molar-refractivity contribution in [2.75, 3.05) is 0 Å². The smallest absolute Gasteiger partial charge is 0.0975 e. The van der Waals surface area contributed by atoms with Crippen LogP contribution in [0.15, 0.2) is 29.8 Å². The molecule has 0 aliphatic heterocycles. The summed E-state index contributed by atoms with van der Waals surface area (Å²) in [5.41, 5.74) is 1.76. The molecule has 1 N–H and O–H groups in total. The average molecular weight is 231 g/mol. The second-order valence-electron chi connectivity index (χ2n) is 3.39. The topological polar surface area (TPSA) is 20.2 Å². The minimum Gasteiger partial charge on any atom is -0.384 e. The highest BCUT2D eigenvalue weighted by molar-refractivity contribution is 6.34. The Morgan fingerprint density at radius 1 is 1.21 bits per heavy atom. The minimum atomic E-state index is -0.642. The third kappa shape index (κ3) is 3.33. The first-order valence-corrected chi connectivity index (χ1v) is 5.03.